The maximum Gasteiger partial charge on any atom is 0.243 e. The van der Waals surface area contributed by atoms with Gasteiger partial charge in [-0.1, -0.05) is 12.1 Å². The first kappa shape index (κ1) is 19.4. The molecule has 0 saturated carbocycles. The minimum absolute atomic E-state index is 0.0591. The minimum atomic E-state index is -0.760. The van der Waals surface area contributed by atoms with Gasteiger partial charge in [0, 0.05) is 24.2 Å². The van der Waals surface area contributed by atoms with Crippen LogP contribution < -0.4 is 16.5 Å². The van der Waals surface area contributed by atoms with Crippen molar-refractivity contribution in [3.05, 3.63) is 53.9 Å². The summed E-state index contributed by atoms with van der Waals surface area (Å²) in [5, 5.41) is 20.4. The highest BCUT2D eigenvalue weighted by atomic mass is 16.5. The molecule has 2 amide bonds. The summed E-state index contributed by atoms with van der Waals surface area (Å²) in [5.74, 6) is -0.679. The molecule has 0 aliphatic heterocycles. The van der Waals surface area contributed by atoms with E-state index in [0.29, 0.717) is 24.2 Å². The molecule has 2 aromatic rings. The number of aryl methyl sites for hydroxylation is 1. The van der Waals surface area contributed by atoms with Crippen LogP contribution in [0.1, 0.15) is 24.1 Å². The van der Waals surface area contributed by atoms with Gasteiger partial charge in [-0.3, -0.25) is 19.8 Å². The lowest BCUT2D eigenvalue weighted by Gasteiger charge is -2.12. The first-order valence-corrected chi connectivity index (χ1v) is 8.20. The molecule has 0 aliphatic rings. The molecule has 8 heteroatoms. The molecule has 1 aromatic carbocycles. The third kappa shape index (κ3) is 6.15. The Morgan fingerprint density at radius 1 is 1.15 bits per heavy atom. The molecule has 26 heavy (non-hydrogen) atoms. The lowest BCUT2D eigenvalue weighted by molar-refractivity contribution is -0.129. The van der Waals surface area contributed by atoms with Crippen LogP contribution in [0.2, 0.25) is 0 Å². The van der Waals surface area contributed by atoms with E-state index in [1.165, 1.54) is 12.3 Å². The Labute approximate surface area is 151 Å². The fourth-order valence-electron chi connectivity index (χ4n) is 2.35. The van der Waals surface area contributed by atoms with E-state index in [4.69, 9.17) is 10.9 Å². The van der Waals surface area contributed by atoms with Crippen molar-refractivity contribution in [2.45, 2.75) is 31.7 Å². The zero-order valence-corrected chi connectivity index (χ0v) is 14.2. The van der Waals surface area contributed by atoms with Crippen molar-refractivity contribution < 1.29 is 19.9 Å². The molecule has 2 rings (SSSR count). The van der Waals surface area contributed by atoms with Gasteiger partial charge in [0.2, 0.25) is 11.8 Å². The molecule has 1 heterocycles. The molecular weight excluding hydrogens is 336 g/mol. The van der Waals surface area contributed by atoms with E-state index in [-0.39, 0.29) is 24.5 Å². The highest BCUT2D eigenvalue weighted by Crippen LogP contribution is 2.13. The Morgan fingerprint density at radius 3 is 2.50 bits per heavy atom. The van der Waals surface area contributed by atoms with Crippen LogP contribution in [0, 0.1) is 0 Å². The van der Waals surface area contributed by atoms with Crippen LogP contribution in [0.5, 0.6) is 5.75 Å². The quantitative estimate of drug-likeness (QED) is 0.354. The maximum absolute atomic E-state index is 12.2. The van der Waals surface area contributed by atoms with Crippen molar-refractivity contribution in [3.8, 4) is 5.75 Å². The third-order valence-corrected chi connectivity index (χ3v) is 3.79. The number of carbonyl (C=O) groups excluding carboxylic acids is 2. The topological polar surface area (TPSA) is 138 Å². The van der Waals surface area contributed by atoms with Gasteiger partial charge in [-0.15, -0.1) is 0 Å². The largest absolute Gasteiger partial charge is 0.506 e. The van der Waals surface area contributed by atoms with Gasteiger partial charge in [0.25, 0.3) is 0 Å². The number of nitrogens with zero attached hydrogens (tertiary/aromatic N) is 1. The van der Waals surface area contributed by atoms with Crippen LogP contribution in [-0.2, 0) is 22.4 Å². The summed E-state index contributed by atoms with van der Waals surface area (Å²) in [7, 11) is 0. The van der Waals surface area contributed by atoms with Gasteiger partial charge < -0.3 is 16.2 Å². The lowest BCUT2D eigenvalue weighted by Crippen LogP contribution is -2.37. The minimum Gasteiger partial charge on any atom is -0.506 e. The number of rotatable bonds is 8. The van der Waals surface area contributed by atoms with Gasteiger partial charge in [-0.25, -0.2) is 5.48 Å². The number of aromatic nitrogens is 1. The van der Waals surface area contributed by atoms with Gasteiger partial charge in [0.1, 0.15) is 5.75 Å². The average Bonchev–Trinajstić information content (AvgIpc) is 2.64. The van der Waals surface area contributed by atoms with Crippen molar-refractivity contribution >= 4 is 17.5 Å². The predicted molar refractivity (Wildman–Crippen MR) is 95.5 cm³/mol. The average molecular weight is 358 g/mol. The van der Waals surface area contributed by atoms with E-state index in [2.05, 4.69) is 10.3 Å². The molecule has 0 fully saturated rings. The zero-order valence-electron chi connectivity index (χ0n) is 14.2. The number of amides is 2. The third-order valence-electron chi connectivity index (χ3n) is 3.79. The number of carbonyl (C=O) groups is 2. The molecular formula is C18H22N4O4. The highest BCUT2D eigenvalue weighted by Gasteiger charge is 2.15. The molecule has 138 valence electrons. The van der Waals surface area contributed by atoms with E-state index < -0.39 is 11.9 Å². The molecule has 8 nitrogen and oxygen atoms in total. The normalized spacial score (nSPS) is 11.6. The van der Waals surface area contributed by atoms with E-state index in [0.717, 1.165) is 5.56 Å². The van der Waals surface area contributed by atoms with Crippen molar-refractivity contribution in [3.63, 3.8) is 0 Å². The van der Waals surface area contributed by atoms with Gasteiger partial charge in [-0.2, -0.15) is 0 Å². The van der Waals surface area contributed by atoms with Gasteiger partial charge in [0.05, 0.1) is 12.2 Å². The number of hydrogen-bond donors (Lipinski definition) is 5. The van der Waals surface area contributed by atoms with Crippen LogP contribution in [0.15, 0.2) is 42.6 Å². The molecule has 6 N–H and O–H groups in total. The molecule has 1 aromatic heterocycles. The fraction of sp³-hybridized carbons (Fsp3) is 0.278. The summed E-state index contributed by atoms with van der Waals surface area (Å²) in [4.78, 5) is 27.1. The van der Waals surface area contributed by atoms with Crippen LogP contribution in [0.4, 0.5) is 5.69 Å². The number of nitrogens with one attached hydrogen (secondary N) is 2. The summed E-state index contributed by atoms with van der Waals surface area (Å²) in [5.41, 5.74) is 9.76. The van der Waals surface area contributed by atoms with Crippen LogP contribution in [0.25, 0.3) is 0 Å². The van der Waals surface area contributed by atoms with Crippen LogP contribution in [-0.4, -0.2) is 33.2 Å². The summed E-state index contributed by atoms with van der Waals surface area (Å²) in [6.45, 7) is 0. The van der Waals surface area contributed by atoms with Crippen molar-refractivity contribution in [2.75, 3.05) is 5.32 Å². The monoisotopic (exact) mass is 358 g/mol. The highest BCUT2D eigenvalue weighted by molar-refractivity contribution is 5.94. The van der Waals surface area contributed by atoms with E-state index in [1.54, 1.807) is 23.7 Å². The Hall–Kier alpha value is -2.97. The Bertz CT molecular complexity index is 732. The Kier molecular flexibility index (Phi) is 7.07. The zero-order chi connectivity index (χ0) is 18.9. The lowest BCUT2D eigenvalue weighted by atomic mass is 10.1. The number of pyridine rings is 1. The van der Waals surface area contributed by atoms with Crippen molar-refractivity contribution in [1.82, 2.24) is 10.5 Å². The standard InChI is InChI=1S/C18H22N4O4/c19-16(10-14-8-9-15(23)11-20-14)18(25)21-13-6-4-12(5-7-13)2-1-3-17(24)22-26/h4-9,11,16,23,26H,1-3,10,19H2,(H,21,25)(H,22,24)/t16-/m1/s1. The molecule has 0 radical (unpaired) electrons. The molecule has 0 saturated heterocycles. The number of nitrogens with two attached hydrogens (primary N) is 1. The summed E-state index contributed by atoms with van der Waals surface area (Å²) in [6, 6.07) is 9.61. The number of hydrogen-bond acceptors (Lipinski definition) is 6. The van der Waals surface area contributed by atoms with Crippen LogP contribution >= 0.6 is 0 Å². The number of aromatic hydroxyl groups is 1. The van der Waals surface area contributed by atoms with Crippen molar-refractivity contribution in [2.24, 2.45) is 5.73 Å². The Morgan fingerprint density at radius 2 is 1.88 bits per heavy atom. The number of anilines is 1. The first-order valence-electron chi connectivity index (χ1n) is 8.20. The second-order valence-corrected chi connectivity index (χ2v) is 5.89. The Balaban J connectivity index is 1.82. The smallest absolute Gasteiger partial charge is 0.243 e. The SMILES string of the molecule is N[C@H](Cc1ccc(O)cn1)C(=O)Nc1ccc(CCCC(=O)NO)cc1. The first-order chi connectivity index (χ1) is 12.5. The molecule has 0 unspecified atom stereocenters. The fourth-order valence-corrected chi connectivity index (χ4v) is 2.35. The van der Waals surface area contributed by atoms with E-state index in [9.17, 15) is 14.7 Å². The van der Waals surface area contributed by atoms with E-state index in [1.807, 2.05) is 12.1 Å². The summed E-state index contributed by atoms with van der Waals surface area (Å²) >= 11 is 0. The van der Waals surface area contributed by atoms with Gasteiger partial charge in [0.15, 0.2) is 0 Å². The summed E-state index contributed by atoms with van der Waals surface area (Å²) < 4.78 is 0. The van der Waals surface area contributed by atoms with Crippen molar-refractivity contribution in [1.29, 1.82) is 0 Å². The summed E-state index contributed by atoms with van der Waals surface area (Å²) in [6.07, 6.45) is 3.12. The molecule has 0 bridgehead atoms. The molecule has 0 aliphatic carbocycles. The number of hydroxylamine groups is 1. The van der Waals surface area contributed by atoms with Gasteiger partial charge >= 0.3 is 0 Å². The van der Waals surface area contributed by atoms with E-state index >= 15 is 0 Å². The van der Waals surface area contributed by atoms with Gasteiger partial charge in [-0.05, 0) is 42.7 Å². The molecule has 1 atom stereocenters. The van der Waals surface area contributed by atoms with Crippen LogP contribution in [0.3, 0.4) is 0 Å². The maximum atomic E-state index is 12.2. The second-order valence-electron chi connectivity index (χ2n) is 5.89. The predicted octanol–water partition coefficient (Wildman–Crippen LogP) is 1.12. The number of benzene rings is 1. The second kappa shape index (κ2) is 9.50. The molecule has 0 spiro atoms.